The molecule has 2 aromatic carbocycles. The molecule has 1 aliphatic rings. The van der Waals surface area contributed by atoms with Crippen molar-refractivity contribution in [2.45, 2.75) is 27.2 Å². The van der Waals surface area contributed by atoms with Gasteiger partial charge in [-0.05, 0) is 42.7 Å². The Hall–Kier alpha value is -2.82. The van der Waals surface area contributed by atoms with E-state index in [9.17, 15) is 9.59 Å². The third-order valence-corrected chi connectivity index (χ3v) is 5.02. The second kappa shape index (κ2) is 8.46. The maximum atomic E-state index is 12.6. The van der Waals surface area contributed by atoms with Gasteiger partial charge in [-0.1, -0.05) is 45.0 Å². The summed E-state index contributed by atoms with van der Waals surface area (Å²) >= 11 is 0. The Kier molecular flexibility index (Phi) is 6.02. The molecule has 0 saturated carbocycles. The number of hydrogen-bond donors (Lipinski definition) is 2. The Morgan fingerprint density at radius 1 is 1.07 bits per heavy atom. The average Bonchev–Trinajstić information content (AvgIpc) is 3.15. The van der Waals surface area contributed by atoms with Crippen LogP contribution in [-0.4, -0.2) is 31.4 Å². The molecule has 2 amide bonds. The average molecular weight is 380 g/mol. The summed E-state index contributed by atoms with van der Waals surface area (Å²) in [5.74, 6) is 0.259. The van der Waals surface area contributed by atoms with Gasteiger partial charge in [-0.15, -0.1) is 0 Å². The summed E-state index contributed by atoms with van der Waals surface area (Å²) in [6.45, 7) is 8.20. The van der Waals surface area contributed by atoms with Gasteiger partial charge in [-0.25, -0.2) is 0 Å². The SMILES string of the molecule is CC(C)(C)C(=O)Nc1cccc(C(=O)NCC2CCN(c3ccccc3)C2)c1. The van der Waals surface area contributed by atoms with Gasteiger partial charge in [0.05, 0.1) is 0 Å². The standard InChI is InChI=1S/C23H29N3O2/c1-23(2,3)22(28)25-19-9-7-8-18(14-19)21(27)24-15-17-12-13-26(16-17)20-10-5-4-6-11-20/h4-11,14,17H,12-13,15-16H2,1-3H3,(H,24,27)(H,25,28). The Labute approximate surface area is 167 Å². The summed E-state index contributed by atoms with van der Waals surface area (Å²) in [4.78, 5) is 27.1. The van der Waals surface area contributed by atoms with Crippen LogP contribution in [0.4, 0.5) is 11.4 Å². The highest BCUT2D eigenvalue weighted by Crippen LogP contribution is 2.23. The van der Waals surface area contributed by atoms with E-state index in [1.54, 1.807) is 24.3 Å². The molecule has 1 fully saturated rings. The van der Waals surface area contributed by atoms with Crippen LogP contribution < -0.4 is 15.5 Å². The van der Waals surface area contributed by atoms with E-state index in [1.807, 2.05) is 26.8 Å². The fourth-order valence-electron chi connectivity index (χ4n) is 3.27. The highest BCUT2D eigenvalue weighted by molar-refractivity contribution is 5.98. The summed E-state index contributed by atoms with van der Waals surface area (Å²) in [6, 6.07) is 17.5. The molecule has 148 valence electrons. The molecule has 0 bridgehead atoms. The van der Waals surface area contributed by atoms with E-state index in [0.717, 1.165) is 19.5 Å². The van der Waals surface area contributed by atoms with Crippen LogP contribution >= 0.6 is 0 Å². The van der Waals surface area contributed by atoms with Crippen LogP contribution in [0.15, 0.2) is 54.6 Å². The molecule has 1 aliphatic heterocycles. The van der Waals surface area contributed by atoms with Crippen molar-refractivity contribution in [1.29, 1.82) is 0 Å². The number of para-hydroxylation sites is 1. The Balaban J connectivity index is 1.53. The molecule has 0 aliphatic carbocycles. The molecule has 0 spiro atoms. The summed E-state index contributed by atoms with van der Waals surface area (Å²) < 4.78 is 0. The minimum atomic E-state index is -0.481. The normalized spacial score (nSPS) is 16.7. The minimum Gasteiger partial charge on any atom is -0.371 e. The van der Waals surface area contributed by atoms with E-state index in [4.69, 9.17) is 0 Å². The summed E-state index contributed by atoms with van der Waals surface area (Å²) in [6.07, 6.45) is 1.07. The van der Waals surface area contributed by atoms with Crippen molar-refractivity contribution in [2.24, 2.45) is 11.3 Å². The number of nitrogens with one attached hydrogen (secondary N) is 2. The van der Waals surface area contributed by atoms with Crippen LogP contribution in [0.3, 0.4) is 0 Å². The van der Waals surface area contributed by atoms with Crippen molar-refractivity contribution in [3.63, 3.8) is 0 Å². The summed E-state index contributed by atoms with van der Waals surface area (Å²) in [7, 11) is 0. The molecular weight excluding hydrogens is 350 g/mol. The van der Waals surface area contributed by atoms with Crippen LogP contribution in [0.25, 0.3) is 0 Å². The van der Waals surface area contributed by atoms with Gasteiger partial charge >= 0.3 is 0 Å². The van der Waals surface area contributed by atoms with Gasteiger partial charge in [-0.2, -0.15) is 0 Å². The van der Waals surface area contributed by atoms with Gasteiger partial charge in [0.2, 0.25) is 5.91 Å². The second-order valence-corrected chi connectivity index (χ2v) is 8.43. The van der Waals surface area contributed by atoms with Crippen LogP contribution in [0.5, 0.6) is 0 Å². The van der Waals surface area contributed by atoms with Crippen LogP contribution in [0, 0.1) is 11.3 Å². The zero-order valence-corrected chi connectivity index (χ0v) is 16.9. The Morgan fingerprint density at radius 2 is 1.82 bits per heavy atom. The molecule has 1 unspecified atom stereocenters. The smallest absolute Gasteiger partial charge is 0.251 e. The van der Waals surface area contributed by atoms with Gasteiger partial charge in [0.25, 0.3) is 5.91 Å². The Morgan fingerprint density at radius 3 is 2.54 bits per heavy atom. The lowest BCUT2D eigenvalue weighted by Crippen LogP contribution is -2.31. The van der Waals surface area contributed by atoms with E-state index in [0.29, 0.717) is 23.7 Å². The highest BCUT2D eigenvalue weighted by atomic mass is 16.2. The largest absolute Gasteiger partial charge is 0.371 e. The van der Waals surface area contributed by atoms with Crippen molar-refractivity contribution in [2.75, 3.05) is 29.9 Å². The van der Waals surface area contributed by atoms with Gasteiger partial charge in [0.15, 0.2) is 0 Å². The lowest BCUT2D eigenvalue weighted by molar-refractivity contribution is -0.123. The molecule has 1 heterocycles. The number of amides is 2. The van der Waals surface area contributed by atoms with E-state index < -0.39 is 5.41 Å². The number of hydrogen-bond acceptors (Lipinski definition) is 3. The van der Waals surface area contributed by atoms with Crippen molar-refractivity contribution < 1.29 is 9.59 Å². The van der Waals surface area contributed by atoms with E-state index >= 15 is 0 Å². The predicted molar refractivity (Wildman–Crippen MR) is 114 cm³/mol. The van der Waals surface area contributed by atoms with E-state index in [2.05, 4.69) is 39.8 Å². The quantitative estimate of drug-likeness (QED) is 0.827. The van der Waals surface area contributed by atoms with E-state index in [1.165, 1.54) is 5.69 Å². The first-order chi connectivity index (χ1) is 13.3. The molecular formula is C23H29N3O2. The van der Waals surface area contributed by atoms with Crippen molar-refractivity contribution >= 4 is 23.2 Å². The van der Waals surface area contributed by atoms with Gasteiger partial charge in [-0.3, -0.25) is 9.59 Å². The number of nitrogens with zero attached hydrogens (tertiary/aromatic N) is 1. The topological polar surface area (TPSA) is 61.4 Å². The fraction of sp³-hybridized carbons (Fsp3) is 0.391. The molecule has 0 radical (unpaired) electrons. The number of carbonyl (C=O) groups is 2. The first-order valence-corrected chi connectivity index (χ1v) is 9.82. The fourth-order valence-corrected chi connectivity index (χ4v) is 3.27. The molecule has 28 heavy (non-hydrogen) atoms. The molecule has 3 rings (SSSR count). The molecule has 1 atom stereocenters. The third kappa shape index (κ3) is 5.12. The van der Waals surface area contributed by atoms with Gasteiger partial charge in [0.1, 0.15) is 0 Å². The predicted octanol–water partition coefficient (Wildman–Crippen LogP) is 3.93. The van der Waals surface area contributed by atoms with Crippen LogP contribution in [0.1, 0.15) is 37.6 Å². The number of anilines is 2. The lowest BCUT2D eigenvalue weighted by Gasteiger charge is -2.19. The zero-order chi connectivity index (χ0) is 20.1. The molecule has 0 aromatic heterocycles. The van der Waals surface area contributed by atoms with Crippen molar-refractivity contribution in [3.05, 3.63) is 60.2 Å². The number of benzene rings is 2. The number of rotatable bonds is 5. The summed E-state index contributed by atoms with van der Waals surface area (Å²) in [5.41, 5.74) is 1.96. The molecule has 5 nitrogen and oxygen atoms in total. The first-order valence-electron chi connectivity index (χ1n) is 9.82. The minimum absolute atomic E-state index is 0.0722. The Bertz CT molecular complexity index is 827. The molecule has 2 aromatic rings. The van der Waals surface area contributed by atoms with Crippen molar-refractivity contribution in [3.8, 4) is 0 Å². The molecule has 5 heteroatoms. The zero-order valence-electron chi connectivity index (χ0n) is 16.9. The van der Waals surface area contributed by atoms with Crippen molar-refractivity contribution in [1.82, 2.24) is 5.32 Å². The molecule has 2 N–H and O–H groups in total. The van der Waals surface area contributed by atoms with Crippen LogP contribution in [-0.2, 0) is 4.79 Å². The maximum Gasteiger partial charge on any atom is 0.251 e. The molecule has 1 saturated heterocycles. The van der Waals surface area contributed by atoms with Gasteiger partial charge in [0, 0.05) is 42.0 Å². The van der Waals surface area contributed by atoms with Crippen LogP contribution in [0.2, 0.25) is 0 Å². The third-order valence-electron chi connectivity index (χ3n) is 5.02. The summed E-state index contributed by atoms with van der Waals surface area (Å²) in [5, 5.41) is 5.92. The van der Waals surface area contributed by atoms with Gasteiger partial charge < -0.3 is 15.5 Å². The second-order valence-electron chi connectivity index (χ2n) is 8.43. The number of carbonyl (C=O) groups excluding carboxylic acids is 2. The lowest BCUT2D eigenvalue weighted by atomic mass is 9.95. The highest BCUT2D eigenvalue weighted by Gasteiger charge is 2.24. The van der Waals surface area contributed by atoms with E-state index in [-0.39, 0.29) is 11.8 Å². The monoisotopic (exact) mass is 379 g/mol. The first kappa shape index (κ1) is 19.9. The maximum absolute atomic E-state index is 12.6.